The highest BCUT2D eigenvalue weighted by atomic mass is 35.5. The molecule has 3 nitrogen and oxygen atoms in total. The number of sulfonamides is 1. The minimum absolute atomic E-state index is 0.164. The average Bonchev–Trinajstić information content (AvgIpc) is 2.13. The van der Waals surface area contributed by atoms with Gasteiger partial charge in [0.1, 0.15) is 0 Å². The highest BCUT2D eigenvalue weighted by Crippen LogP contribution is 2.26. The van der Waals surface area contributed by atoms with Crippen molar-refractivity contribution in [3.63, 3.8) is 0 Å². The highest BCUT2D eigenvalue weighted by Gasteiger charge is 2.12. The van der Waals surface area contributed by atoms with E-state index in [0.717, 1.165) is 0 Å². The van der Waals surface area contributed by atoms with Crippen molar-refractivity contribution in [2.45, 2.75) is 5.75 Å². The molecule has 1 N–H and O–H groups in total. The summed E-state index contributed by atoms with van der Waals surface area (Å²) in [4.78, 5) is 0. The van der Waals surface area contributed by atoms with Crippen molar-refractivity contribution in [3.8, 4) is 0 Å². The van der Waals surface area contributed by atoms with Gasteiger partial charge in [0, 0.05) is 0 Å². The van der Waals surface area contributed by atoms with Crippen molar-refractivity contribution < 1.29 is 8.42 Å². The van der Waals surface area contributed by atoms with Crippen molar-refractivity contribution in [2.24, 2.45) is 0 Å². The van der Waals surface area contributed by atoms with Crippen LogP contribution in [0.4, 0.5) is 0 Å². The van der Waals surface area contributed by atoms with Crippen LogP contribution >= 0.6 is 23.2 Å². The first-order chi connectivity index (χ1) is 6.46. The van der Waals surface area contributed by atoms with Gasteiger partial charge in [-0.2, -0.15) is 0 Å². The van der Waals surface area contributed by atoms with Crippen molar-refractivity contribution in [1.82, 2.24) is 4.72 Å². The third kappa shape index (κ3) is 2.85. The molecule has 0 amide bonds. The Morgan fingerprint density at radius 1 is 1.36 bits per heavy atom. The van der Waals surface area contributed by atoms with Crippen LogP contribution in [0.15, 0.2) is 18.2 Å². The molecule has 0 heterocycles. The summed E-state index contributed by atoms with van der Waals surface area (Å²) in [6.07, 6.45) is 0. The second-order valence-corrected chi connectivity index (χ2v) is 5.39. The molecule has 0 saturated carbocycles. The van der Waals surface area contributed by atoms with Crippen molar-refractivity contribution in [1.29, 1.82) is 0 Å². The van der Waals surface area contributed by atoms with Gasteiger partial charge in [-0.3, -0.25) is 0 Å². The predicted octanol–water partition coefficient (Wildman–Crippen LogP) is 2.04. The lowest BCUT2D eigenvalue weighted by molar-refractivity contribution is 0.587. The zero-order valence-corrected chi connectivity index (χ0v) is 9.75. The van der Waals surface area contributed by atoms with Crippen molar-refractivity contribution in [2.75, 3.05) is 7.05 Å². The first-order valence-electron chi connectivity index (χ1n) is 3.80. The molecular formula is C8H9Cl2NO2S. The highest BCUT2D eigenvalue weighted by molar-refractivity contribution is 7.88. The number of halogens is 2. The monoisotopic (exact) mass is 253 g/mol. The molecule has 0 radical (unpaired) electrons. The summed E-state index contributed by atoms with van der Waals surface area (Å²) in [6, 6.07) is 4.90. The Bertz CT molecular complexity index is 431. The summed E-state index contributed by atoms with van der Waals surface area (Å²) in [6.45, 7) is 0. The number of benzene rings is 1. The summed E-state index contributed by atoms with van der Waals surface area (Å²) in [5.74, 6) is -0.164. The van der Waals surface area contributed by atoms with Crippen molar-refractivity contribution >= 4 is 33.2 Å². The van der Waals surface area contributed by atoms with E-state index in [1.54, 1.807) is 18.2 Å². The number of rotatable bonds is 3. The van der Waals surface area contributed by atoms with E-state index >= 15 is 0 Å². The Hall–Kier alpha value is -0.290. The van der Waals surface area contributed by atoms with Gasteiger partial charge in [-0.25, -0.2) is 13.1 Å². The molecule has 78 valence electrons. The molecule has 1 aromatic carbocycles. The standard InChI is InChI=1S/C8H9Cl2NO2S/c1-11-14(12,13)5-6-3-2-4-7(9)8(6)10/h2-4,11H,5H2,1H3. The van der Waals surface area contributed by atoms with Crippen LogP contribution in [0, 0.1) is 0 Å². The second-order valence-electron chi connectivity index (χ2n) is 2.68. The molecule has 0 atom stereocenters. The Morgan fingerprint density at radius 3 is 2.57 bits per heavy atom. The Kier molecular flexibility index (Phi) is 3.78. The van der Waals surface area contributed by atoms with Crippen LogP contribution in [-0.2, 0) is 15.8 Å². The van der Waals surface area contributed by atoms with Crippen LogP contribution < -0.4 is 4.72 Å². The molecule has 0 bridgehead atoms. The van der Waals surface area contributed by atoms with Gasteiger partial charge in [-0.1, -0.05) is 35.3 Å². The molecule has 0 aliphatic rings. The number of hydrogen-bond donors (Lipinski definition) is 1. The quantitative estimate of drug-likeness (QED) is 0.897. The van der Waals surface area contributed by atoms with Gasteiger partial charge >= 0.3 is 0 Å². The zero-order chi connectivity index (χ0) is 10.8. The molecule has 0 aliphatic heterocycles. The van der Waals surface area contributed by atoms with Gasteiger partial charge in [-0.05, 0) is 18.7 Å². The summed E-state index contributed by atoms with van der Waals surface area (Å²) in [7, 11) is -1.95. The van der Waals surface area contributed by atoms with Crippen LogP contribution in [0.5, 0.6) is 0 Å². The topological polar surface area (TPSA) is 46.2 Å². The molecule has 1 aromatic rings. The SMILES string of the molecule is CNS(=O)(=O)Cc1cccc(Cl)c1Cl. The minimum atomic E-state index is -3.30. The second kappa shape index (κ2) is 4.49. The first-order valence-corrected chi connectivity index (χ1v) is 6.21. The van der Waals surface area contributed by atoms with Gasteiger partial charge in [0.2, 0.25) is 10.0 Å². The number of nitrogens with one attached hydrogen (secondary N) is 1. The summed E-state index contributed by atoms with van der Waals surface area (Å²) >= 11 is 11.6. The van der Waals surface area contributed by atoms with Gasteiger partial charge in [0.15, 0.2) is 0 Å². The van der Waals surface area contributed by atoms with E-state index in [2.05, 4.69) is 4.72 Å². The molecule has 0 spiro atoms. The number of hydrogen-bond acceptors (Lipinski definition) is 2. The van der Waals surface area contributed by atoms with Gasteiger partial charge in [0.05, 0.1) is 15.8 Å². The normalized spacial score (nSPS) is 11.6. The molecular weight excluding hydrogens is 245 g/mol. The molecule has 0 fully saturated rings. The Morgan fingerprint density at radius 2 is 2.00 bits per heavy atom. The zero-order valence-electron chi connectivity index (χ0n) is 7.42. The summed E-state index contributed by atoms with van der Waals surface area (Å²) in [5, 5.41) is 0.642. The Labute approximate surface area is 93.1 Å². The van der Waals surface area contributed by atoms with Crippen LogP contribution in [0.3, 0.4) is 0 Å². The molecule has 14 heavy (non-hydrogen) atoms. The molecule has 0 aromatic heterocycles. The van der Waals surface area contributed by atoms with E-state index in [1.807, 2.05) is 0 Å². The minimum Gasteiger partial charge on any atom is -0.218 e. The largest absolute Gasteiger partial charge is 0.218 e. The molecule has 6 heteroatoms. The fraction of sp³-hybridized carbons (Fsp3) is 0.250. The fourth-order valence-electron chi connectivity index (χ4n) is 0.937. The molecule has 0 aliphatic carbocycles. The van der Waals surface area contributed by atoms with E-state index in [-0.39, 0.29) is 10.8 Å². The maximum atomic E-state index is 11.2. The van der Waals surface area contributed by atoms with E-state index in [1.165, 1.54) is 7.05 Å². The lowest BCUT2D eigenvalue weighted by Gasteiger charge is -2.05. The van der Waals surface area contributed by atoms with E-state index in [0.29, 0.717) is 10.6 Å². The first kappa shape index (κ1) is 11.8. The van der Waals surface area contributed by atoms with E-state index in [9.17, 15) is 8.42 Å². The maximum absolute atomic E-state index is 11.2. The van der Waals surface area contributed by atoms with Crippen molar-refractivity contribution in [3.05, 3.63) is 33.8 Å². The molecule has 0 unspecified atom stereocenters. The molecule has 1 rings (SSSR count). The van der Waals surface area contributed by atoms with Crippen LogP contribution in [-0.4, -0.2) is 15.5 Å². The smallest absolute Gasteiger partial charge is 0.215 e. The van der Waals surface area contributed by atoms with Gasteiger partial charge in [0.25, 0.3) is 0 Å². The van der Waals surface area contributed by atoms with Gasteiger partial charge < -0.3 is 0 Å². The van der Waals surface area contributed by atoms with E-state index in [4.69, 9.17) is 23.2 Å². The van der Waals surface area contributed by atoms with Gasteiger partial charge in [-0.15, -0.1) is 0 Å². The van der Waals surface area contributed by atoms with Crippen LogP contribution in [0.2, 0.25) is 10.0 Å². The van der Waals surface area contributed by atoms with E-state index < -0.39 is 10.0 Å². The fourth-order valence-corrected chi connectivity index (χ4v) is 2.20. The summed E-state index contributed by atoms with van der Waals surface area (Å²) in [5.41, 5.74) is 0.494. The average molecular weight is 254 g/mol. The third-order valence-electron chi connectivity index (χ3n) is 1.69. The lowest BCUT2D eigenvalue weighted by atomic mass is 10.2. The predicted molar refractivity (Wildman–Crippen MR) is 58.1 cm³/mol. The lowest BCUT2D eigenvalue weighted by Crippen LogP contribution is -2.20. The Balaban J connectivity index is 3.05. The van der Waals surface area contributed by atoms with Crippen LogP contribution in [0.25, 0.3) is 0 Å². The molecule has 0 saturated heterocycles. The third-order valence-corrected chi connectivity index (χ3v) is 3.86. The van der Waals surface area contributed by atoms with Crippen LogP contribution in [0.1, 0.15) is 5.56 Å². The maximum Gasteiger partial charge on any atom is 0.215 e. The summed E-state index contributed by atoms with van der Waals surface area (Å²) < 4.78 is 24.6.